The Hall–Kier alpha value is -2.89. The number of nitrogens with zero attached hydrogens (tertiary/aromatic N) is 3. The molecule has 0 fully saturated rings. The van der Waals surface area contributed by atoms with Crippen molar-refractivity contribution < 1.29 is 4.74 Å². The SMILES string of the molecule is COc1ccccc1-c1ccc(NCCc2cnc[nH]2)nn1. The molecule has 0 spiro atoms. The van der Waals surface area contributed by atoms with Gasteiger partial charge in [0.2, 0.25) is 0 Å². The van der Waals surface area contributed by atoms with Crippen LogP contribution in [-0.2, 0) is 6.42 Å². The lowest BCUT2D eigenvalue weighted by molar-refractivity contribution is 0.416. The molecule has 6 heteroatoms. The summed E-state index contributed by atoms with van der Waals surface area (Å²) in [6, 6.07) is 11.6. The summed E-state index contributed by atoms with van der Waals surface area (Å²) in [4.78, 5) is 7.05. The lowest BCUT2D eigenvalue weighted by atomic mass is 10.1. The summed E-state index contributed by atoms with van der Waals surface area (Å²) >= 11 is 0. The fraction of sp³-hybridized carbons (Fsp3) is 0.188. The average Bonchev–Trinajstić information content (AvgIpc) is 3.09. The van der Waals surface area contributed by atoms with E-state index in [-0.39, 0.29) is 0 Å². The Morgan fingerprint density at radius 3 is 2.77 bits per heavy atom. The number of rotatable bonds is 6. The van der Waals surface area contributed by atoms with Crippen molar-refractivity contribution >= 4 is 5.82 Å². The van der Waals surface area contributed by atoms with E-state index in [0.29, 0.717) is 0 Å². The number of hydrogen-bond donors (Lipinski definition) is 2. The number of ether oxygens (including phenoxy) is 1. The van der Waals surface area contributed by atoms with Crippen molar-refractivity contribution in [3.05, 3.63) is 54.6 Å². The smallest absolute Gasteiger partial charge is 0.148 e. The second kappa shape index (κ2) is 6.71. The highest BCUT2D eigenvalue weighted by atomic mass is 16.5. The monoisotopic (exact) mass is 295 g/mol. The number of benzene rings is 1. The van der Waals surface area contributed by atoms with Crippen LogP contribution in [-0.4, -0.2) is 33.8 Å². The van der Waals surface area contributed by atoms with Gasteiger partial charge in [0.25, 0.3) is 0 Å². The first-order chi connectivity index (χ1) is 10.9. The van der Waals surface area contributed by atoms with Gasteiger partial charge in [-0.25, -0.2) is 4.98 Å². The minimum Gasteiger partial charge on any atom is -0.496 e. The van der Waals surface area contributed by atoms with Crippen molar-refractivity contribution in [1.29, 1.82) is 0 Å². The third-order valence-electron chi connectivity index (χ3n) is 3.30. The van der Waals surface area contributed by atoms with Crippen LogP contribution in [0.2, 0.25) is 0 Å². The molecule has 0 aliphatic carbocycles. The van der Waals surface area contributed by atoms with Crippen molar-refractivity contribution in [2.24, 2.45) is 0 Å². The number of H-pyrrole nitrogens is 1. The van der Waals surface area contributed by atoms with Gasteiger partial charge in [0.1, 0.15) is 11.6 Å². The molecule has 3 rings (SSSR count). The van der Waals surface area contributed by atoms with Crippen LogP contribution in [0.25, 0.3) is 11.3 Å². The minimum absolute atomic E-state index is 0.748. The third-order valence-corrected chi connectivity index (χ3v) is 3.30. The van der Waals surface area contributed by atoms with Gasteiger partial charge in [0, 0.05) is 30.4 Å². The number of hydrogen-bond acceptors (Lipinski definition) is 5. The van der Waals surface area contributed by atoms with Gasteiger partial charge in [0.15, 0.2) is 0 Å². The van der Waals surface area contributed by atoms with Crippen molar-refractivity contribution in [2.45, 2.75) is 6.42 Å². The number of aromatic amines is 1. The van der Waals surface area contributed by atoms with E-state index < -0.39 is 0 Å². The molecule has 1 aromatic carbocycles. The molecule has 3 aromatic rings. The Morgan fingerprint density at radius 1 is 1.14 bits per heavy atom. The first-order valence-electron chi connectivity index (χ1n) is 7.05. The van der Waals surface area contributed by atoms with Crippen molar-refractivity contribution in [1.82, 2.24) is 20.2 Å². The highest BCUT2D eigenvalue weighted by Gasteiger charge is 2.06. The summed E-state index contributed by atoms with van der Waals surface area (Å²) < 4.78 is 5.34. The van der Waals surface area contributed by atoms with Gasteiger partial charge < -0.3 is 15.0 Å². The maximum Gasteiger partial charge on any atom is 0.148 e. The van der Waals surface area contributed by atoms with Gasteiger partial charge >= 0.3 is 0 Å². The first kappa shape index (κ1) is 14.1. The highest BCUT2D eigenvalue weighted by molar-refractivity contribution is 5.67. The van der Waals surface area contributed by atoms with Crippen LogP contribution in [0.5, 0.6) is 5.75 Å². The second-order valence-electron chi connectivity index (χ2n) is 4.76. The third kappa shape index (κ3) is 3.22. The first-order valence-corrected chi connectivity index (χ1v) is 7.05. The summed E-state index contributed by atoms with van der Waals surface area (Å²) in [5.74, 6) is 1.54. The maximum absolute atomic E-state index is 5.34. The zero-order chi connectivity index (χ0) is 15.2. The highest BCUT2D eigenvalue weighted by Crippen LogP contribution is 2.27. The number of methoxy groups -OCH3 is 1. The summed E-state index contributed by atoms with van der Waals surface area (Å²) in [5.41, 5.74) is 2.81. The topological polar surface area (TPSA) is 75.7 Å². The van der Waals surface area contributed by atoms with Crippen molar-refractivity contribution in [3.8, 4) is 17.0 Å². The summed E-state index contributed by atoms with van der Waals surface area (Å²) in [6.45, 7) is 0.769. The lowest BCUT2D eigenvalue weighted by Gasteiger charge is -2.08. The quantitative estimate of drug-likeness (QED) is 0.731. The number of nitrogens with one attached hydrogen (secondary N) is 2. The molecular formula is C16H17N5O. The van der Waals surface area contributed by atoms with Crippen molar-refractivity contribution in [3.63, 3.8) is 0 Å². The normalized spacial score (nSPS) is 10.4. The van der Waals surface area contributed by atoms with E-state index in [1.54, 1.807) is 13.4 Å². The molecule has 2 N–H and O–H groups in total. The molecule has 0 unspecified atom stereocenters. The number of aromatic nitrogens is 4. The zero-order valence-corrected chi connectivity index (χ0v) is 12.3. The predicted octanol–water partition coefficient (Wildman–Crippen LogP) is 2.53. The van der Waals surface area contributed by atoms with E-state index in [0.717, 1.165) is 41.5 Å². The second-order valence-corrected chi connectivity index (χ2v) is 4.76. The molecule has 0 radical (unpaired) electrons. The number of para-hydroxylation sites is 1. The molecule has 112 valence electrons. The Balaban J connectivity index is 1.65. The molecule has 2 heterocycles. The molecular weight excluding hydrogens is 278 g/mol. The Bertz CT molecular complexity index is 710. The van der Waals surface area contributed by atoms with Crippen LogP contribution < -0.4 is 10.1 Å². The van der Waals surface area contributed by atoms with Crippen LogP contribution in [0, 0.1) is 0 Å². The van der Waals surface area contributed by atoms with Gasteiger partial charge in [-0.2, -0.15) is 0 Å². The summed E-state index contributed by atoms with van der Waals surface area (Å²) in [5, 5.41) is 11.7. The van der Waals surface area contributed by atoms with Crippen LogP contribution in [0.3, 0.4) is 0 Å². The number of imidazole rings is 1. The molecule has 0 aliphatic rings. The fourth-order valence-electron chi connectivity index (χ4n) is 2.17. The molecule has 2 aromatic heterocycles. The molecule has 0 atom stereocenters. The Kier molecular flexibility index (Phi) is 4.29. The van der Waals surface area contributed by atoms with Crippen LogP contribution in [0.15, 0.2) is 48.9 Å². The summed E-state index contributed by atoms with van der Waals surface area (Å²) in [6.07, 6.45) is 4.35. The largest absolute Gasteiger partial charge is 0.496 e. The molecule has 0 bridgehead atoms. The molecule has 6 nitrogen and oxygen atoms in total. The van der Waals surface area contributed by atoms with E-state index in [2.05, 4.69) is 25.5 Å². The fourth-order valence-corrected chi connectivity index (χ4v) is 2.17. The van der Waals surface area contributed by atoms with Crippen LogP contribution in [0.1, 0.15) is 5.69 Å². The molecule has 22 heavy (non-hydrogen) atoms. The zero-order valence-electron chi connectivity index (χ0n) is 12.3. The van der Waals surface area contributed by atoms with E-state index in [1.807, 2.05) is 42.6 Å². The van der Waals surface area contributed by atoms with Crippen LogP contribution in [0.4, 0.5) is 5.82 Å². The summed E-state index contributed by atoms with van der Waals surface area (Å²) in [7, 11) is 1.65. The van der Waals surface area contributed by atoms with E-state index in [1.165, 1.54) is 0 Å². The van der Waals surface area contributed by atoms with Gasteiger partial charge in [-0.15, -0.1) is 10.2 Å². The van der Waals surface area contributed by atoms with Gasteiger partial charge in [-0.05, 0) is 24.3 Å². The van der Waals surface area contributed by atoms with Crippen molar-refractivity contribution in [2.75, 3.05) is 19.0 Å². The minimum atomic E-state index is 0.748. The average molecular weight is 295 g/mol. The molecule has 0 amide bonds. The number of anilines is 1. The van der Waals surface area contributed by atoms with Gasteiger partial charge in [0.05, 0.1) is 19.1 Å². The standard InChI is InChI=1S/C16H17N5O/c1-22-15-5-3-2-4-13(15)14-6-7-16(21-20-14)18-9-8-12-10-17-11-19-12/h2-7,10-11H,8-9H2,1H3,(H,17,19)(H,18,21). The molecule has 0 aliphatic heterocycles. The van der Waals surface area contributed by atoms with Crippen LogP contribution >= 0.6 is 0 Å². The van der Waals surface area contributed by atoms with Gasteiger partial charge in [-0.1, -0.05) is 12.1 Å². The maximum atomic E-state index is 5.34. The van der Waals surface area contributed by atoms with E-state index in [9.17, 15) is 0 Å². The van der Waals surface area contributed by atoms with E-state index >= 15 is 0 Å². The predicted molar refractivity (Wildman–Crippen MR) is 84.8 cm³/mol. The van der Waals surface area contributed by atoms with E-state index in [4.69, 9.17) is 4.74 Å². The van der Waals surface area contributed by atoms with Gasteiger partial charge in [-0.3, -0.25) is 0 Å². The Morgan fingerprint density at radius 2 is 2.05 bits per heavy atom. The lowest BCUT2D eigenvalue weighted by Crippen LogP contribution is -2.07. The molecule has 0 saturated heterocycles. The Labute approximate surface area is 128 Å². The molecule has 0 saturated carbocycles.